The molecule has 0 atom stereocenters. The van der Waals surface area contributed by atoms with Crippen LogP contribution in [0.15, 0.2) is 47.7 Å². The van der Waals surface area contributed by atoms with Gasteiger partial charge in [-0.3, -0.25) is 4.79 Å². The Balaban J connectivity index is 3.07. The number of ketones is 1. The SMILES string of the molecule is CNC(/C=C/c1ccccc1)=C(\C(C)=O)C(C)C. The highest BCUT2D eigenvalue weighted by atomic mass is 16.1. The molecule has 0 fully saturated rings. The number of nitrogens with one attached hydrogen (secondary N) is 1. The van der Waals surface area contributed by atoms with Gasteiger partial charge in [0.25, 0.3) is 0 Å². The molecule has 2 nitrogen and oxygen atoms in total. The highest BCUT2D eigenvalue weighted by Crippen LogP contribution is 2.16. The van der Waals surface area contributed by atoms with Crippen molar-refractivity contribution in [3.05, 3.63) is 53.2 Å². The summed E-state index contributed by atoms with van der Waals surface area (Å²) in [6.07, 6.45) is 3.98. The summed E-state index contributed by atoms with van der Waals surface area (Å²) >= 11 is 0. The lowest BCUT2D eigenvalue weighted by atomic mass is 9.97. The van der Waals surface area contributed by atoms with E-state index in [4.69, 9.17) is 0 Å². The van der Waals surface area contributed by atoms with E-state index in [1.165, 1.54) is 0 Å². The molecule has 0 bridgehead atoms. The van der Waals surface area contributed by atoms with Gasteiger partial charge in [-0.2, -0.15) is 0 Å². The second kappa shape index (κ2) is 6.80. The van der Waals surface area contributed by atoms with Crippen molar-refractivity contribution in [2.75, 3.05) is 7.05 Å². The van der Waals surface area contributed by atoms with Gasteiger partial charge in [-0.15, -0.1) is 0 Å². The van der Waals surface area contributed by atoms with Crippen LogP contribution in [0.5, 0.6) is 0 Å². The quantitative estimate of drug-likeness (QED) is 0.634. The zero-order chi connectivity index (χ0) is 13.5. The first kappa shape index (κ1) is 14.2. The number of hydrogen-bond acceptors (Lipinski definition) is 2. The van der Waals surface area contributed by atoms with Crippen molar-refractivity contribution in [2.24, 2.45) is 5.92 Å². The summed E-state index contributed by atoms with van der Waals surface area (Å²) in [5.74, 6) is 0.331. The van der Waals surface area contributed by atoms with E-state index < -0.39 is 0 Å². The van der Waals surface area contributed by atoms with Crippen LogP contribution >= 0.6 is 0 Å². The Morgan fingerprint density at radius 2 is 1.83 bits per heavy atom. The molecule has 1 aromatic carbocycles. The van der Waals surface area contributed by atoms with Crippen molar-refractivity contribution in [2.45, 2.75) is 20.8 Å². The molecule has 1 rings (SSSR count). The van der Waals surface area contributed by atoms with Crippen LogP contribution in [-0.4, -0.2) is 12.8 Å². The molecule has 0 aliphatic carbocycles. The maximum atomic E-state index is 11.7. The topological polar surface area (TPSA) is 29.1 Å². The minimum absolute atomic E-state index is 0.118. The Morgan fingerprint density at radius 1 is 1.22 bits per heavy atom. The van der Waals surface area contributed by atoms with E-state index in [-0.39, 0.29) is 11.7 Å². The summed E-state index contributed by atoms with van der Waals surface area (Å²) in [5, 5.41) is 3.11. The Hall–Kier alpha value is -1.83. The number of likely N-dealkylation sites (N-methyl/N-ethyl adjacent to an activating group) is 1. The molecule has 0 unspecified atom stereocenters. The molecule has 0 aliphatic heterocycles. The van der Waals surface area contributed by atoms with Crippen molar-refractivity contribution in [1.82, 2.24) is 5.32 Å². The highest BCUT2D eigenvalue weighted by molar-refractivity contribution is 5.95. The largest absolute Gasteiger partial charge is 0.388 e. The van der Waals surface area contributed by atoms with E-state index in [0.29, 0.717) is 0 Å². The minimum atomic E-state index is 0.118. The van der Waals surface area contributed by atoms with Gasteiger partial charge in [-0.25, -0.2) is 0 Å². The predicted octanol–water partition coefficient (Wildman–Crippen LogP) is 3.42. The van der Waals surface area contributed by atoms with Crippen molar-refractivity contribution < 1.29 is 4.79 Å². The van der Waals surface area contributed by atoms with Crippen molar-refractivity contribution in [3.63, 3.8) is 0 Å². The van der Waals surface area contributed by atoms with Crippen LogP contribution < -0.4 is 5.32 Å². The van der Waals surface area contributed by atoms with Gasteiger partial charge in [0.05, 0.1) is 0 Å². The summed E-state index contributed by atoms with van der Waals surface area (Å²) in [4.78, 5) is 11.7. The molecule has 0 heterocycles. The van der Waals surface area contributed by atoms with Gasteiger partial charge >= 0.3 is 0 Å². The monoisotopic (exact) mass is 243 g/mol. The maximum Gasteiger partial charge on any atom is 0.158 e. The lowest BCUT2D eigenvalue weighted by molar-refractivity contribution is -0.114. The van der Waals surface area contributed by atoms with Gasteiger partial charge in [-0.05, 0) is 24.5 Å². The van der Waals surface area contributed by atoms with E-state index in [1.807, 2.05) is 63.4 Å². The standard InChI is InChI=1S/C16H21NO/c1-12(2)16(13(3)18)15(17-4)11-10-14-8-6-5-7-9-14/h5-12,17H,1-4H3/b11-10+,16-15-. The lowest BCUT2D eigenvalue weighted by Crippen LogP contribution is -2.15. The third-order valence-electron chi connectivity index (χ3n) is 2.76. The highest BCUT2D eigenvalue weighted by Gasteiger charge is 2.12. The molecular formula is C16H21NO. The number of hydrogen-bond donors (Lipinski definition) is 1. The Kier molecular flexibility index (Phi) is 5.37. The third kappa shape index (κ3) is 3.88. The van der Waals surface area contributed by atoms with Gasteiger partial charge in [0.1, 0.15) is 0 Å². The summed E-state index contributed by atoms with van der Waals surface area (Å²) in [6.45, 7) is 5.68. The summed E-state index contributed by atoms with van der Waals surface area (Å²) in [7, 11) is 1.84. The molecule has 0 saturated carbocycles. The summed E-state index contributed by atoms with van der Waals surface area (Å²) in [6, 6.07) is 10.0. The summed E-state index contributed by atoms with van der Waals surface area (Å²) < 4.78 is 0. The van der Waals surface area contributed by atoms with Gasteiger partial charge < -0.3 is 5.32 Å². The van der Waals surface area contributed by atoms with E-state index >= 15 is 0 Å². The van der Waals surface area contributed by atoms with Crippen LogP contribution in [0.25, 0.3) is 6.08 Å². The van der Waals surface area contributed by atoms with Gasteiger partial charge in [0.15, 0.2) is 5.78 Å². The fourth-order valence-electron chi connectivity index (χ4n) is 1.96. The average molecular weight is 243 g/mol. The number of Topliss-reactive ketones (excluding diaryl/α,β-unsaturated/α-hetero) is 1. The van der Waals surface area contributed by atoms with Crippen LogP contribution in [0.1, 0.15) is 26.3 Å². The normalized spacial score (nSPS) is 12.7. The van der Waals surface area contributed by atoms with Crippen LogP contribution in [-0.2, 0) is 4.79 Å². The summed E-state index contributed by atoms with van der Waals surface area (Å²) in [5.41, 5.74) is 2.85. The second-order valence-electron chi connectivity index (χ2n) is 4.53. The molecule has 1 aromatic rings. The van der Waals surface area contributed by atoms with E-state index in [1.54, 1.807) is 6.92 Å². The first-order chi connectivity index (χ1) is 8.56. The zero-order valence-electron chi connectivity index (χ0n) is 11.5. The molecule has 0 aromatic heterocycles. The fourth-order valence-corrected chi connectivity index (χ4v) is 1.96. The Morgan fingerprint density at radius 3 is 2.28 bits per heavy atom. The fraction of sp³-hybridized carbons (Fsp3) is 0.312. The Bertz CT molecular complexity index is 455. The molecule has 0 aliphatic rings. The predicted molar refractivity (Wildman–Crippen MR) is 77.1 cm³/mol. The molecule has 18 heavy (non-hydrogen) atoms. The molecule has 1 N–H and O–H groups in total. The van der Waals surface area contributed by atoms with Crippen molar-refractivity contribution in [3.8, 4) is 0 Å². The van der Waals surface area contributed by atoms with Crippen molar-refractivity contribution >= 4 is 11.9 Å². The second-order valence-corrected chi connectivity index (χ2v) is 4.53. The minimum Gasteiger partial charge on any atom is -0.388 e. The number of carbonyl (C=O) groups excluding carboxylic acids is 1. The zero-order valence-corrected chi connectivity index (χ0v) is 11.5. The average Bonchev–Trinajstić information content (AvgIpc) is 2.34. The smallest absolute Gasteiger partial charge is 0.158 e. The Labute approximate surface area is 109 Å². The molecule has 0 saturated heterocycles. The molecule has 0 radical (unpaired) electrons. The van der Waals surface area contributed by atoms with Crippen LogP contribution in [0.2, 0.25) is 0 Å². The number of benzene rings is 1. The van der Waals surface area contributed by atoms with Crippen LogP contribution in [0.3, 0.4) is 0 Å². The van der Waals surface area contributed by atoms with Gasteiger partial charge in [-0.1, -0.05) is 50.3 Å². The number of rotatable bonds is 5. The molecule has 0 amide bonds. The van der Waals surface area contributed by atoms with E-state index in [2.05, 4.69) is 5.32 Å². The number of allylic oxidation sites excluding steroid dienone is 2. The van der Waals surface area contributed by atoms with Crippen molar-refractivity contribution in [1.29, 1.82) is 0 Å². The molecule has 96 valence electrons. The van der Waals surface area contributed by atoms with Crippen LogP contribution in [0, 0.1) is 5.92 Å². The van der Waals surface area contributed by atoms with Crippen LogP contribution in [0.4, 0.5) is 0 Å². The van der Waals surface area contributed by atoms with E-state index in [9.17, 15) is 4.79 Å². The van der Waals surface area contributed by atoms with Gasteiger partial charge in [0, 0.05) is 18.3 Å². The first-order valence-electron chi connectivity index (χ1n) is 6.22. The molecular weight excluding hydrogens is 222 g/mol. The van der Waals surface area contributed by atoms with Gasteiger partial charge in [0.2, 0.25) is 0 Å². The van der Waals surface area contributed by atoms with E-state index in [0.717, 1.165) is 16.8 Å². The first-order valence-corrected chi connectivity index (χ1v) is 6.22. The molecule has 2 heteroatoms. The maximum absolute atomic E-state index is 11.7. The molecule has 0 spiro atoms. The lowest BCUT2D eigenvalue weighted by Gasteiger charge is -2.13. The third-order valence-corrected chi connectivity index (χ3v) is 2.76. The number of carbonyl (C=O) groups is 1.